The molecule has 1 rings (SSSR count). The molecular weight excluding hydrogens is 232 g/mol. The molecule has 0 spiro atoms. The summed E-state index contributed by atoms with van der Waals surface area (Å²) in [7, 11) is 3.97. The highest BCUT2D eigenvalue weighted by molar-refractivity contribution is 8.13. The zero-order valence-electron chi connectivity index (χ0n) is 10.5. The van der Waals surface area contributed by atoms with Gasteiger partial charge in [0.25, 0.3) is 0 Å². The molecule has 0 fully saturated rings. The number of anilines is 1. The van der Waals surface area contributed by atoms with Gasteiger partial charge in [0.05, 0.1) is 5.69 Å². The van der Waals surface area contributed by atoms with Crippen LogP contribution < -0.4 is 10.2 Å². The van der Waals surface area contributed by atoms with Crippen LogP contribution in [0.15, 0.2) is 23.2 Å². The minimum absolute atomic E-state index is 0.603. The number of amidine groups is 1. The van der Waals surface area contributed by atoms with E-state index in [2.05, 4.69) is 10.3 Å². The first-order valence-electron chi connectivity index (χ1n) is 5.14. The molecule has 0 heterocycles. The van der Waals surface area contributed by atoms with Gasteiger partial charge in [-0.05, 0) is 30.9 Å². The molecule has 0 aromatic heterocycles. The van der Waals surface area contributed by atoms with Crippen molar-refractivity contribution < 1.29 is 0 Å². The Morgan fingerprint density at radius 3 is 2.71 bits per heavy atom. The van der Waals surface area contributed by atoms with E-state index in [9.17, 15) is 0 Å². The van der Waals surface area contributed by atoms with Gasteiger partial charge in [0, 0.05) is 19.8 Å². The van der Waals surface area contributed by atoms with Crippen molar-refractivity contribution >= 4 is 28.3 Å². The van der Waals surface area contributed by atoms with Crippen molar-refractivity contribution in [3.63, 3.8) is 0 Å². The van der Waals surface area contributed by atoms with Crippen molar-refractivity contribution in [2.24, 2.45) is 4.99 Å². The first kappa shape index (κ1) is 13.4. The second-order valence-corrected chi connectivity index (χ2v) is 4.52. The van der Waals surface area contributed by atoms with Crippen LogP contribution in [0.1, 0.15) is 5.56 Å². The van der Waals surface area contributed by atoms with Gasteiger partial charge in [-0.3, -0.25) is 5.32 Å². The van der Waals surface area contributed by atoms with Crippen LogP contribution >= 0.6 is 11.8 Å². The lowest BCUT2D eigenvalue weighted by Gasteiger charge is -2.14. The molecule has 1 aromatic rings. The summed E-state index contributed by atoms with van der Waals surface area (Å²) in [4.78, 5) is 6.45. The van der Waals surface area contributed by atoms with Crippen molar-refractivity contribution in [1.82, 2.24) is 5.32 Å². The zero-order chi connectivity index (χ0) is 12.8. The predicted molar refractivity (Wildman–Crippen MR) is 74.9 cm³/mol. The molecule has 1 N–H and O–H groups in total. The fourth-order valence-electron chi connectivity index (χ4n) is 1.28. The second-order valence-electron chi connectivity index (χ2n) is 3.72. The van der Waals surface area contributed by atoms with Gasteiger partial charge < -0.3 is 4.90 Å². The summed E-state index contributed by atoms with van der Waals surface area (Å²) < 4.78 is 0. The summed E-state index contributed by atoms with van der Waals surface area (Å²) in [6.07, 6.45) is 3.77. The van der Waals surface area contributed by atoms with Crippen LogP contribution in [0, 0.1) is 18.4 Å². The first-order chi connectivity index (χ1) is 8.08. The lowest BCUT2D eigenvalue weighted by Crippen LogP contribution is -2.12. The van der Waals surface area contributed by atoms with E-state index in [0.717, 1.165) is 16.9 Å². The van der Waals surface area contributed by atoms with Crippen LogP contribution in [0.5, 0.6) is 0 Å². The molecule has 4 nitrogen and oxygen atoms in total. The van der Waals surface area contributed by atoms with Crippen LogP contribution in [-0.2, 0) is 0 Å². The molecular formula is C12H16N4S. The summed E-state index contributed by atoms with van der Waals surface area (Å²) in [5.74, 6) is 0. The van der Waals surface area contributed by atoms with Crippen LogP contribution in [0.3, 0.4) is 0 Å². The lowest BCUT2D eigenvalue weighted by atomic mass is 10.2. The Bertz CT molecular complexity index is 460. The van der Waals surface area contributed by atoms with Gasteiger partial charge in [0.2, 0.25) is 0 Å². The third kappa shape index (κ3) is 3.68. The SMILES string of the molecule is CSC(=Nc1cc(N(C)C)ccc1C)NC#N. The van der Waals surface area contributed by atoms with Crippen LogP contribution in [0.4, 0.5) is 11.4 Å². The minimum Gasteiger partial charge on any atom is -0.378 e. The van der Waals surface area contributed by atoms with E-state index in [-0.39, 0.29) is 0 Å². The maximum Gasteiger partial charge on any atom is 0.183 e. The van der Waals surface area contributed by atoms with Gasteiger partial charge in [-0.25, -0.2) is 4.99 Å². The van der Waals surface area contributed by atoms with E-state index in [1.54, 1.807) is 0 Å². The largest absolute Gasteiger partial charge is 0.378 e. The Morgan fingerprint density at radius 1 is 1.47 bits per heavy atom. The Balaban J connectivity index is 3.12. The van der Waals surface area contributed by atoms with E-state index in [1.807, 2.05) is 56.6 Å². The summed E-state index contributed by atoms with van der Waals surface area (Å²) >= 11 is 1.42. The summed E-state index contributed by atoms with van der Waals surface area (Å²) in [5.41, 5.74) is 3.05. The van der Waals surface area contributed by atoms with Crippen molar-refractivity contribution in [2.45, 2.75) is 6.92 Å². The van der Waals surface area contributed by atoms with Crippen LogP contribution in [0.25, 0.3) is 0 Å². The number of thioether (sulfide) groups is 1. The van der Waals surface area contributed by atoms with Crippen LogP contribution in [-0.4, -0.2) is 25.5 Å². The lowest BCUT2D eigenvalue weighted by molar-refractivity contribution is 1.13. The number of nitriles is 1. The van der Waals surface area contributed by atoms with Crippen molar-refractivity contribution in [2.75, 3.05) is 25.3 Å². The summed E-state index contributed by atoms with van der Waals surface area (Å²) in [6.45, 7) is 2.00. The monoisotopic (exact) mass is 248 g/mol. The quantitative estimate of drug-likeness (QED) is 0.378. The average Bonchev–Trinajstić information content (AvgIpc) is 2.30. The Hall–Kier alpha value is -1.67. The molecule has 0 aliphatic heterocycles. The number of nitrogens with one attached hydrogen (secondary N) is 1. The number of aryl methyl sites for hydroxylation is 1. The molecule has 0 aliphatic carbocycles. The molecule has 90 valence electrons. The third-order valence-corrected chi connectivity index (χ3v) is 2.87. The minimum atomic E-state index is 0.603. The number of aliphatic imine (C=N–C) groups is 1. The molecule has 17 heavy (non-hydrogen) atoms. The molecule has 0 amide bonds. The molecule has 5 heteroatoms. The molecule has 0 unspecified atom stereocenters. The van der Waals surface area contributed by atoms with E-state index in [1.165, 1.54) is 11.8 Å². The topological polar surface area (TPSA) is 51.4 Å². The number of hydrogen-bond acceptors (Lipinski definition) is 4. The molecule has 0 radical (unpaired) electrons. The maximum atomic E-state index is 8.59. The number of benzene rings is 1. The normalized spacial score (nSPS) is 10.9. The third-order valence-electron chi connectivity index (χ3n) is 2.29. The first-order valence-corrected chi connectivity index (χ1v) is 6.36. The molecule has 1 aromatic carbocycles. The van der Waals surface area contributed by atoms with Gasteiger partial charge in [0.15, 0.2) is 11.4 Å². The van der Waals surface area contributed by atoms with Gasteiger partial charge in [-0.1, -0.05) is 17.8 Å². The highest BCUT2D eigenvalue weighted by atomic mass is 32.2. The molecule has 0 aliphatic rings. The fourth-order valence-corrected chi connectivity index (χ4v) is 1.62. The van der Waals surface area contributed by atoms with E-state index < -0.39 is 0 Å². The summed E-state index contributed by atoms with van der Waals surface area (Å²) in [5, 5.41) is 11.8. The Labute approximate surface area is 106 Å². The number of nitrogens with zero attached hydrogens (tertiary/aromatic N) is 3. The van der Waals surface area contributed by atoms with Gasteiger partial charge in [0.1, 0.15) is 0 Å². The Morgan fingerprint density at radius 2 is 2.18 bits per heavy atom. The average molecular weight is 248 g/mol. The molecule has 0 bridgehead atoms. The van der Waals surface area contributed by atoms with Crippen molar-refractivity contribution in [3.8, 4) is 6.19 Å². The van der Waals surface area contributed by atoms with Crippen molar-refractivity contribution in [3.05, 3.63) is 23.8 Å². The number of hydrogen-bond donors (Lipinski definition) is 1. The maximum absolute atomic E-state index is 8.59. The van der Waals surface area contributed by atoms with Crippen molar-refractivity contribution in [1.29, 1.82) is 5.26 Å². The Kier molecular flexibility index (Phi) is 4.85. The molecule has 0 atom stereocenters. The second kappa shape index (κ2) is 6.16. The van der Waals surface area contributed by atoms with Gasteiger partial charge >= 0.3 is 0 Å². The molecule has 0 saturated heterocycles. The number of rotatable bonds is 2. The highest BCUT2D eigenvalue weighted by Crippen LogP contribution is 2.25. The van der Waals surface area contributed by atoms with Crippen LogP contribution in [0.2, 0.25) is 0 Å². The van der Waals surface area contributed by atoms with E-state index in [0.29, 0.717) is 5.17 Å². The summed E-state index contributed by atoms with van der Waals surface area (Å²) in [6, 6.07) is 6.08. The fraction of sp³-hybridized carbons (Fsp3) is 0.333. The van der Waals surface area contributed by atoms with Gasteiger partial charge in [-0.2, -0.15) is 5.26 Å². The standard InChI is InChI=1S/C12H16N4S/c1-9-5-6-10(16(2)3)7-11(9)15-12(17-4)14-8-13/h5-7H,1-4H3,(H,14,15). The zero-order valence-corrected chi connectivity index (χ0v) is 11.3. The highest BCUT2D eigenvalue weighted by Gasteiger charge is 2.03. The smallest absolute Gasteiger partial charge is 0.183 e. The van der Waals surface area contributed by atoms with E-state index >= 15 is 0 Å². The molecule has 0 saturated carbocycles. The van der Waals surface area contributed by atoms with E-state index in [4.69, 9.17) is 5.26 Å². The van der Waals surface area contributed by atoms with Gasteiger partial charge in [-0.15, -0.1) is 0 Å². The predicted octanol–water partition coefficient (Wildman–Crippen LogP) is 2.48.